The first-order valence-electron chi connectivity index (χ1n) is 8.26. The van der Waals surface area contributed by atoms with E-state index in [1.54, 1.807) is 16.6 Å². The lowest BCUT2D eigenvalue weighted by atomic mass is 10.0. The number of benzene rings is 1. The van der Waals surface area contributed by atoms with E-state index in [1.807, 2.05) is 48.7 Å². The van der Waals surface area contributed by atoms with Crippen molar-refractivity contribution in [1.82, 2.24) is 19.6 Å². The average molecular weight is 354 g/mol. The predicted molar refractivity (Wildman–Crippen MR) is 99.7 cm³/mol. The summed E-state index contributed by atoms with van der Waals surface area (Å²) in [6.07, 6.45) is 5.11. The Morgan fingerprint density at radius 1 is 1.07 bits per heavy atom. The van der Waals surface area contributed by atoms with Crippen LogP contribution in [0.5, 0.6) is 0 Å². The van der Waals surface area contributed by atoms with E-state index in [9.17, 15) is 4.79 Å². The molecular formula is C20H14N6O. The normalized spacial score (nSPS) is 10.5. The van der Waals surface area contributed by atoms with Crippen molar-refractivity contribution in [2.45, 2.75) is 6.42 Å². The lowest BCUT2D eigenvalue weighted by molar-refractivity contribution is -0.115. The third-order valence-electron chi connectivity index (χ3n) is 4.09. The highest BCUT2D eigenvalue weighted by Crippen LogP contribution is 2.21. The third-order valence-corrected chi connectivity index (χ3v) is 4.09. The largest absolute Gasteiger partial charge is 0.324 e. The fourth-order valence-corrected chi connectivity index (χ4v) is 2.73. The molecule has 3 aromatic heterocycles. The monoisotopic (exact) mass is 354 g/mol. The molecule has 0 saturated heterocycles. The highest BCUT2D eigenvalue weighted by Gasteiger charge is 2.06. The van der Waals surface area contributed by atoms with Gasteiger partial charge in [0.25, 0.3) is 0 Å². The third kappa shape index (κ3) is 3.65. The molecule has 3 heterocycles. The van der Waals surface area contributed by atoms with E-state index in [0.717, 1.165) is 22.3 Å². The number of nitrogens with one attached hydrogen (secondary N) is 1. The van der Waals surface area contributed by atoms with Gasteiger partial charge in [0.1, 0.15) is 18.1 Å². The van der Waals surface area contributed by atoms with Gasteiger partial charge < -0.3 is 5.32 Å². The zero-order valence-corrected chi connectivity index (χ0v) is 14.2. The summed E-state index contributed by atoms with van der Waals surface area (Å²) in [6, 6.07) is 16.9. The number of anilines is 1. The second kappa shape index (κ2) is 7.06. The van der Waals surface area contributed by atoms with Crippen LogP contribution >= 0.6 is 0 Å². The molecule has 0 aliphatic carbocycles. The molecule has 1 aromatic carbocycles. The molecule has 130 valence electrons. The van der Waals surface area contributed by atoms with Crippen LogP contribution in [0.3, 0.4) is 0 Å². The quantitative estimate of drug-likeness (QED) is 0.608. The van der Waals surface area contributed by atoms with Crippen LogP contribution < -0.4 is 5.32 Å². The van der Waals surface area contributed by atoms with Crippen molar-refractivity contribution < 1.29 is 4.79 Å². The van der Waals surface area contributed by atoms with Gasteiger partial charge in [-0.1, -0.05) is 24.3 Å². The molecule has 0 spiro atoms. The number of fused-ring (bicyclic) bond motifs is 1. The van der Waals surface area contributed by atoms with Gasteiger partial charge in [-0.2, -0.15) is 10.4 Å². The Balaban J connectivity index is 1.43. The van der Waals surface area contributed by atoms with E-state index in [-0.39, 0.29) is 12.3 Å². The molecule has 0 saturated carbocycles. The Kier molecular flexibility index (Phi) is 4.29. The zero-order chi connectivity index (χ0) is 18.6. The number of nitriles is 1. The van der Waals surface area contributed by atoms with Crippen molar-refractivity contribution in [2.75, 3.05) is 5.32 Å². The summed E-state index contributed by atoms with van der Waals surface area (Å²) >= 11 is 0. The Hall–Kier alpha value is -4.05. The molecule has 1 amide bonds. The summed E-state index contributed by atoms with van der Waals surface area (Å²) in [7, 11) is 0. The van der Waals surface area contributed by atoms with Crippen LogP contribution in [-0.4, -0.2) is 25.5 Å². The highest BCUT2D eigenvalue weighted by molar-refractivity contribution is 5.92. The van der Waals surface area contributed by atoms with E-state index in [2.05, 4.69) is 20.4 Å². The van der Waals surface area contributed by atoms with Gasteiger partial charge in [0, 0.05) is 6.20 Å². The summed E-state index contributed by atoms with van der Waals surface area (Å²) in [6.45, 7) is 0. The summed E-state index contributed by atoms with van der Waals surface area (Å²) < 4.78 is 1.71. The SMILES string of the molecule is N#Cc1ccc(NC(=O)Cc2ccc(-c3ccn4ncnc4c3)cc2)cn1. The first-order chi connectivity index (χ1) is 13.2. The maximum Gasteiger partial charge on any atom is 0.228 e. The highest BCUT2D eigenvalue weighted by atomic mass is 16.1. The van der Waals surface area contributed by atoms with Crippen molar-refractivity contribution in [3.05, 3.63) is 78.5 Å². The van der Waals surface area contributed by atoms with E-state index < -0.39 is 0 Å². The Bertz CT molecular complexity index is 1140. The number of pyridine rings is 2. The van der Waals surface area contributed by atoms with Crippen molar-refractivity contribution in [3.8, 4) is 17.2 Å². The first kappa shape index (κ1) is 16.4. The molecule has 4 aromatic rings. The van der Waals surface area contributed by atoms with Crippen LogP contribution in [0.25, 0.3) is 16.8 Å². The van der Waals surface area contributed by atoms with Crippen LogP contribution in [0.4, 0.5) is 5.69 Å². The molecule has 0 aliphatic heterocycles. The molecule has 0 aliphatic rings. The molecule has 27 heavy (non-hydrogen) atoms. The second-order valence-corrected chi connectivity index (χ2v) is 5.94. The average Bonchev–Trinajstić information content (AvgIpc) is 3.17. The number of amides is 1. The van der Waals surface area contributed by atoms with Gasteiger partial charge in [-0.25, -0.2) is 14.5 Å². The fourth-order valence-electron chi connectivity index (χ4n) is 2.73. The van der Waals surface area contributed by atoms with Crippen LogP contribution in [0.2, 0.25) is 0 Å². The minimum Gasteiger partial charge on any atom is -0.324 e. The topological polar surface area (TPSA) is 96.0 Å². The lowest BCUT2D eigenvalue weighted by Crippen LogP contribution is -2.14. The van der Waals surface area contributed by atoms with Gasteiger partial charge in [-0.15, -0.1) is 0 Å². The summed E-state index contributed by atoms with van der Waals surface area (Å²) in [5.74, 6) is -0.140. The molecule has 0 bridgehead atoms. The van der Waals surface area contributed by atoms with Crippen LogP contribution in [-0.2, 0) is 11.2 Å². The number of hydrogen-bond donors (Lipinski definition) is 1. The van der Waals surface area contributed by atoms with E-state index in [4.69, 9.17) is 5.26 Å². The fraction of sp³-hybridized carbons (Fsp3) is 0.0500. The summed E-state index contributed by atoms with van der Waals surface area (Å²) in [5, 5.41) is 15.6. The number of rotatable bonds is 4. The minimum absolute atomic E-state index is 0.140. The van der Waals surface area contributed by atoms with E-state index in [0.29, 0.717) is 11.4 Å². The smallest absolute Gasteiger partial charge is 0.228 e. The van der Waals surface area contributed by atoms with Gasteiger partial charge in [-0.05, 0) is 41.0 Å². The van der Waals surface area contributed by atoms with Gasteiger partial charge in [-0.3, -0.25) is 4.79 Å². The van der Waals surface area contributed by atoms with Crippen molar-refractivity contribution >= 4 is 17.2 Å². The Morgan fingerprint density at radius 3 is 2.67 bits per heavy atom. The molecule has 4 rings (SSSR count). The van der Waals surface area contributed by atoms with Crippen molar-refractivity contribution in [3.63, 3.8) is 0 Å². The number of hydrogen-bond acceptors (Lipinski definition) is 5. The first-order valence-corrected chi connectivity index (χ1v) is 8.26. The predicted octanol–water partition coefficient (Wildman–Crippen LogP) is 2.84. The Morgan fingerprint density at radius 2 is 1.93 bits per heavy atom. The standard InChI is InChI=1S/C20H14N6O/c21-11-17-5-6-18(12-22-17)25-20(27)9-14-1-3-15(4-2-14)16-7-8-26-19(10-16)23-13-24-26/h1-8,10,12-13H,9H2,(H,25,27). The molecule has 7 heteroatoms. The van der Waals surface area contributed by atoms with Gasteiger partial charge >= 0.3 is 0 Å². The molecule has 0 unspecified atom stereocenters. The van der Waals surface area contributed by atoms with Crippen LogP contribution in [0.15, 0.2) is 67.3 Å². The van der Waals surface area contributed by atoms with Gasteiger partial charge in [0.2, 0.25) is 5.91 Å². The maximum absolute atomic E-state index is 12.2. The molecule has 7 nitrogen and oxygen atoms in total. The molecule has 1 N–H and O–H groups in total. The number of carbonyl (C=O) groups is 1. The summed E-state index contributed by atoms with van der Waals surface area (Å²) in [5.41, 5.74) is 4.65. The van der Waals surface area contributed by atoms with E-state index in [1.165, 1.54) is 12.5 Å². The number of carbonyl (C=O) groups excluding carboxylic acids is 1. The number of nitrogens with zero attached hydrogens (tertiary/aromatic N) is 5. The van der Waals surface area contributed by atoms with E-state index >= 15 is 0 Å². The van der Waals surface area contributed by atoms with Crippen molar-refractivity contribution in [1.29, 1.82) is 5.26 Å². The molecular weight excluding hydrogens is 340 g/mol. The Labute approximate surface area is 154 Å². The second-order valence-electron chi connectivity index (χ2n) is 5.94. The van der Waals surface area contributed by atoms with Crippen LogP contribution in [0, 0.1) is 11.3 Å². The van der Waals surface area contributed by atoms with Crippen molar-refractivity contribution in [2.24, 2.45) is 0 Å². The molecule has 0 atom stereocenters. The van der Waals surface area contributed by atoms with Gasteiger partial charge in [0.05, 0.1) is 18.3 Å². The number of aromatic nitrogens is 4. The molecule has 0 fully saturated rings. The molecule has 0 radical (unpaired) electrons. The minimum atomic E-state index is -0.140. The van der Waals surface area contributed by atoms with Gasteiger partial charge in [0.15, 0.2) is 5.65 Å². The van der Waals surface area contributed by atoms with Crippen LogP contribution in [0.1, 0.15) is 11.3 Å². The zero-order valence-electron chi connectivity index (χ0n) is 14.2. The maximum atomic E-state index is 12.2. The lowest BCUT2D eigenvalue weighted by Gasteiger charge is -2.07. The summed E-state index contributed by atoms with van der Waals surface area (Å²) in [4.78, 5) is 20.3.